The molecule has 0 spiro atoms. The Morgan fingerprint density at radius 1 is 1.28 bits per heavy atom. The third-order valence-corrected chi connectivity index (χ3v) is 4.40. The van der Waals surface area contributed by atoms with E-state index < -0.39 is 5.91 Å². The van der Waals surface area contributed by atoms with Gasteiger partial charge in [0.1, 0.15) is 17.4 Å². The molecular weight excluding hydrogens is 427 g/mol. The van der Waals surface area contributed by atoms with Crippen LogP contribution in [0.2, 0.25) is 0 Å². The summed E-state index contributed by atoms with van der Waals surface area (Å²) in [7, 11) is 0. The van der Waals surface area contributed by atoms with Gasteiger partial charge in [-0.1, -0.05) is 23.8 Å². The normalized spacial score (nSPS) is 10.9. The number of nitrogens with one attached hydrogen (secondary N) is 1. The van der Waals surface area contributed by atoms with Crippen LogP contribution in [0.15, 0.2) is 42.0 Å². The van der Waals surface area contributed by atoms with Gasteiger partial charge in [0, 0.05) is 5.69 Å². The molecule has 2 aromatic rings. The Balaban J connectivity index is 2.23. The van der Waals surface area contributed by atoms with E-state index in [1.54, 1.807) is 6.08 Å². The minimum absolute atomic E-state index is 0.0555. The molecule has 25 heavy (non-hydrogen) atoms. The summed E-state index contributed by atoms with van der Waals surface area (Å²) in [5.74, 6) is 0.372. The Kier molecular flexibility index (Phi) is 6.59. The average Bonchev–Trinajstić information content (AvgIpc) is 2.57. The molecule has 2 aromatic carbocycles. The summed E-state index contributed by atoms with van der Waals surface area (Å²) in [5.41, 5.74) is 3.62. The molecule has 2 rings (SSSR count). The predicted molar refractivity (Wildman–Crippen MR) is 108 cm³/mol. The van der Waals surface area contributed by atoms with E-state index in [0.29, 0.717) is 12.3 Å². The van der Waals surface area contributed by atoms with Crippen LogP contribution in [0.25, 0.3) is 6.08 Å². The van der Waals surface area contributed by atoms with Crippen molar-refractivity contribution < 1.29 is 9.53 Å². The SMILES string of the molecule is CCOc1ccc(/C=C(\C#N)C(=O)Nc2ccc(C)cc2C)cc1I. The summed E-state index contributed by atoms with van der Waals surface area (Å²) in [6.07, 6.45) is 1.58. The highest BCUT2D eigenvalue weighted by Gasteiger charge is 2.11. The lowest BCUT2D eigenvalue weighted by Crippen LogP contribution is -2.14. The number of hydrogen-bond acceptors (Lipinski definition) is 3. The largest absolute Gasteiger partial charge is 0.493 e. The van der Waals surface area contributed by atoms with Gasteiger partial charge in [-0.25, -0.2) is 0 Å². The van der Waals surface area contributed by atoms with Crippen molar-refractivity contribution in [2.24, 2.45) is 0 Å². The van der Waals surface area contributed by atoms with Gasteiger partial charge in [-0.05, 0) is 78.8 Å². The monoisotopic (exact) mass is 446 g/mol. The molecule has 0 atom stereocenters. The fourth-order valence-electron chi connectivity index (χ4n) is 2.34. The maximum absolute atomic E-state index is 12.4. The number of nitrogens with zero attached hydrogens (tertiary/aromatic N) is 1. The van der Waals surface area contributed by atoms with E-state index in [-0.39, 0.29) is 5.57 Å². The molecule has 0 aliphatic carbocycles. The van der Waals surface area contributed by atoms with Gasteiger partial charge in [0.2, 0.25) is 0 Å². The third-order valence-electron chi connectivity index (χ3n) is 3.56. The molecule has 4 nitrogen and oxygen atoms in total. The molecule has 0 unspecified atom stereocenters. The number of rotatable bonds is 5. The van der Waals surface area contributed by atoms with E-state index in [2.05, 4.69) is 27.9 Å². The number of ether oxygens (including phenoxy) is 1. The molecule has 0 aliphatic rings. The van der Waals surface area contributed by atoms with Crippen LogP contribution in [0, 0.1) is 28.7 Å². The molecule has 0 bridgehead atoms. The number of carbonyl (C=O) groups is 1. The molecule has 0 saturated heterocycles. The number of carbonyl (C=O) groups excluding carboxylic acids is 1. The Morgan fingerprint density at radius 3 is 2.64 bits per heavy atom. The maximum atomic E-state index is 12.4. The molecule has 1 N–H and O–H groups in total. The van der Waals surface area contributed by atoms with Crippen LogP contribution in [0.4, 0.5) is 5.69 Å². The lowest BCUT2D eigenvalue weighted by Gasteiger charge is -2.09. The van der Waals surface area contributed by atoms with Crippen molar-refractivity contribution in [1.82, 2.24) is 0 Å². The maximum Gasteiger partial charge on any atom is 0.266 e. The van der Waals surface area contributed by atoms with Crippen LogP contribution in [-0.4, -0.2) is 12.5 Å². The number of amides is 1. The van der Waals surface area contributed by atoms with E-state index in [0.717, 1.165) is 26.0 Å². The van der Waals surface area contributed by atoms with Crippen molar-refractivity contribution >= 4 is 40.3 Å². The van der Waals surface area contributed by atoms with E-state index in [1.165, 1.54) is 0 Å². The van der Waals surface area contributed by atoms with Gasteiger partial charge in [0.15, 0.2) is 0 Å². The Bertz CT molecular complexity index is 866. The van der Waals surface area contributed by atoms with Crippen LogP contribution in [0.3, 0.4) is 0 Å². The molecule has 128 valence electrons. The molecular formula is C20H19IN2O2. The standard InChI is InChI=1S/C20H19IN2O2/c1-4-25-19-8-6-15(11-17(19)21)10-16(12-22)20(24)23-18-7-5-13(2)9-14(18)3/h5-11H,4H2,1-3H3,(H,23,24)/b16-10+. The lowest BCUT2D eigenvalue weighted by molar-refractivity contribution is -0.112. The van der Waals surface area contributed by atoms with E-state index >= 15 is 0 Å². The number of aryl methyl sites for hydroxylation is 2. The molecule has 0 aromatic heterocycles. The zero-order chi connectivity index (χ0) is 18.4. The van der Waals surface area contributed by atoms with Gasteiger partial charge in [-0.2, -0.15) is 5.26 Å². The van der Waals surface area contributed by atoms with Crippen molar-refractivity contribution in [2.45, 2.75) is 20.8 Å². The molecule has 0 radical (unpaired) electrons. The van der Waals surface area contributed by atoms with Gasteiger partial charge < -0.3 is 10.1 Å². The van der Waals surface area contributed by atoms with Crippen LogP contribution in [0.5, 0.6) is 5.75 Å². The minimum Gasteiger partial charge on any atom is -0.493 e. The van der Waals surface area contributed by atoms with Crippen LogP contribution < -0.4 is 10.1 Å². The number of nitriles is 1. The first-order valence-electron chi connectivity index (χ1n) is 7.87. The summed E-state index contributed by atoms with van der Waals surface area (Å²) in [5, 5.41) is 12.2. The van der Waals surface area contributed by atoms with Crippen LogP contribution >= 0.6 is 22.6 Å². The van der Waals surface area contributed by atoms with Crippen molar-refractivity contribution in [1.29, 1.82) is 5.26 Å². The fourth-order valence-corrected chi connectivity index (χ4v) is 3.03. The molecule has 0 fully saturated rings. The summed E-state index contributed by atoms with van der Waals surface area (Å²) >= 11 is 2.17. The van der Waals surface area contributed by atoms with Gasteiger partial charge >= 0.3 is 0 Å². The van der Waals surface area contributed by atoms with Crippen molar-refractivity contribution in [2.75, 3.05) is 11.9 Å². The predicted octanol–water partition coefficient (Wildman–Crippen LogP) is 4.85. The smallest absolute Gasteiger partial charge is 0.266 e. The summed E-state index contributed by atoms with van der Waals surface area (Å²) < 4.78 is 6.43. The topological polar surface area (TPSA) is 62.1 Å². The summed E-state index contributed by atoms with van der Waals surface area (Å²) in [6, 6.07) is 13.3. The fraction of sp³-hybridized carbons (Fsp3) is 0.200. The van der Waals surface area contributed by atoms with Crippen molar-refractivity contribution in [3.05, 3.63) is 62.2 Å². The van der Waals surface area contributed by atoms with E-state index in [9.17, 15) is 10.1 Å². The highest BCUT2D eigenvalue weighted by Crippen LogP contribution is 2.23. The zero-order valence-corrected chi connectivity index (χ0v) is 16.5. The molecule has 0 aliphatic heterocycles. The minimum atomic E-state index is -0.418. The Hall–Kier alpha value is -2.33. The van der Waals surface area contributed by atoms with Crippen LogP contribution in [-0.2, 0) is 4.79 Å². The van der Waals surface area contributed by atoms with Crippen molar-refractivity contribution in [3.63, 3.8) is 0 Å². The summed E-state index contributed by atoms with van der Waals surface area (Å²) in [4.78, 5) is 12.4. The van der Waals surface area contributed by atoms with Gasteiger partial charge in [-0.15, -0.1) is 0 Å². The zero-order valence-electron chi connectivity index (χ0n) is 14.4. The first kappa shape index (κ1) is 19.0. The second-order valence-corrected chi connectivity index (χ2v) is 6.73. The first-order chi connectivity index (χ1) is 11.9. The summed E-state index contributed by atoms with van der Waals surface area (Å²) in [6.45, 7) is 6.43. The highest BCUT2D eigenvalue weighted by molar-refractivity contribution is 14.1. The van der Waals surface area contributed by atoms with E-state index in [1.807, 2.05) is 63.2 Å². The number of halogens is 1. The van der Waals surface area contributed by atoms with E-state index in [4.69, 9.17) is 4.74 Å². The second kappa shape index (κ2) is 8.67. The Labute approximate surface area is 161 Å². The Morgan fingerprint density at radius 2 is 2.04 bits per heavy atom. The lowest BCUT2D eigenvalue weighted by atomic mass is 10.1. The molecule has 0 saturated carbocycles. The number of benzene rings is 2. The van der Waals surface area contributed by atoms with Crippen LogP contribution in [0.1, 0.15) is 23.6 Å². The molecule has 5 heteroatoms. The van der Waals surface area contributed by atoms with Gasteiger partial charge in [0.05, 0.1) is 10.2 Å². The average molecular weight is 446 g/mol. The number of anilines is 1. The molecule has 0 heterocycles. The second-order valence-electron chi connectivity index (χ2n) is 5.57. The van der Waals surface area contributed by atoms with Gasteiger partial charge in [-0.3, -0.25) is 4.79 Å². The van der Waals surface area contributed by atoms with Gasteiger partial charge in [0.25, 0.3) is 5.91 Å². The molecule has 1 amide bonds. The van der Waals surface area contributed by atoms with Crippen molar-refractivity contribution in [3.8, 4) is 11.8 Å². The third kappa shape index (κ3) is 5.07. The first-order valence-corrected chi connectivity index (χ1v) is 8.95. The quantitative estimate of drug-likeness (QED) is 0.406. The number of hydrogen-bond donors (Lipinski definition) is 1. The highest BCUT2D eigenvalue weighted by atomic mass is 127.